The fourth-order valence-corrected chi connectivity index (χ4v) is 3.18. The second kappa shape index (κ2) is 10.6. The van der Waals surface area contributed by atoms with E-state index in [0.717, 1.165) is 39.3 Å². The van der Waals surface area contributed by atoms with Crippen molar-refractivity contribution in [3.63, 3.8) is 0 Å². The maximum absolute atomic E-state index is 5.86. The lowest BCUT2D eigenvalue weighted by Gasteiger charge is -2.15. The van der Waals surface area contributed by atoms with Gasteiger partial charge in [0.2, 0.25) is 0 Å². The lowest BCUT2D eigenvalue weighted by molar-refractivity contribution is 0.321. The predicted molar refractivity (Wildman–Crippen MR) is 127 cm³/mol. The number of benzene rings is 2. The molecule has 3 heteroatoms. The average molecular weight is 403 g/mol. The van der Waals surface area contributed by atoms with E-state index in [-0.39, 0.29) is 0 Å². The Morgan fingerprint density at radius 1 is 0.862 bits per heavy atom. The molecule has 1 aliphatic carbocycles. The molecule has 2 aromatic carbocycles. The first kappa shape index (κ1) is 20.9. The minimum atomic E-state index is 0.601. The van der Waals surface area contributed by atoms with E-state index in [1.807, 2.05) is 44.2 Å². The number of hydrogen-bond acceptors (Lipinski definition) is 3. The highest BCUT2D eigenvalue weighted by Crippen LogP contribution is 2.33. The fraction of sp³-hybridized carbons (Fsp3) is 0.192. The predicted octanol–water partition coefficient (Wildman–Crippen LogP) is 6.75. The summed E-state index contributed by atoms with van der Waals surface area (Å²) in [6, 6.07) is 12.5. The van der Waals surface area contributed by atoms with E-state index >= 15 is 0 Å². The van der Waals surface area contributed by atoms with Gasteiger partial charge in [0.15, 0.2) is 0 Å². The molecular weight excluding hydrogens is 376 g/mol. The number of allylic oxidation sites excluding steroid dienone is 4. The van der Waals surface area contributed by atoms with Crippen LogP contribution >= 0.6 is 12.6 Å². The first-order valence-electron chi connectivity index (χ1n) is 9.86. The maximum Gasteiger partial charge on any atom is 0.130 e. The number of ether oxygens (including phenoxy) is 2. The maximum atomic E-state index is 5.86. The van der Waals surface area contributed by atoms with Gasteiger partial charge >= 0.3 is 0 Å². The quantitative estimate of drug-likeness (QED) is 0.284. The summed E-state index contributed by atoms with van der Waals surface area (Å²) in [6.45, 7) is 5.18. The van der Waals surface area contributed by atoms with Crippen LogP contribution in [0.25, 0.3) is 18.2 Å². The van der Waals surface area contributed by atoms with Gasteiger partial charge in [-0.2, -0.15) is 12.6 Å². The second-order valence-corrected chi connectivity index (χ2v) is 6.80. The Kier molecular flexibility index (Phi) is 7.63. The minimum Gasteiger partial charge on any atom is -0.493 e. The van der Waals surface area contributed by atoms with E-state index in [9.17, 15) is 0 Å². The molecule has 148 valence electrons. The molecule has 0 spiro atoms. The van der Waals surface area contributed by atoms with Crippen LogP contribution in [0.4, 0.5) is 0 Å². The van der Waals surface area contributed by atoms with Crippen LogP contribution in [0.2, 0.25) is 0 Å². The molecule has 0 aliphatic heterocycles. The molecule has 0 radical (unpaired) electrons. The van der Waals surface area contributed by atoms with Crippen LogP contribution in [0.5, 0.6) is 11.5 Å². The summed E-state index contributed by atoms with van der Waals surface area (Å²) in [6.07, 6.45) is 14.2. The lowest BCUT2D eigenvalue weighted by Crippen LogP contribution is -2.00. The standard InChI is InChI=1S/C26H26O2S/c1-3-27-25-17-23(19-29)18-26(28-4-2)24(25)16-15-22-13-11-21(12-14-22)10-9-20-7-5-6-8-20/h5-7,9-18,29H,3-4,19H2,1-2H3/b10-9+,16-15+. The molecule has 1 aliphatic rings. The molecule has 0 aromatic heterocycles. The van der Waals surface area contributed by atoms with Crippen LogP contribution in [0, 0.1) is 0 Å². The van der Waals surface area contributed by atoms with Crippen molar-refractivity contribution < 1.29 is 9.47 Å². The van der Waals surface area contributed by atoms with Crippen LogP contribution in [0.15, 0.2) is 72.0 Å². The highest BCUT2D eigenvalue weighted by atomic mass is 32.1. The molecule has 0 amide bonds. The highest BCUT2D eigenvalue weighted by molar-refractivity contribution is 7.79. The smallest absolute Gasteiger partial charge is 0.130 e. The normalized spacial score (nSPS) is 12.9. The monoisotopic (exact) mass is 402 g/mol. The molecule has 0 atom stereocenters. The van der Waals surface area contributed by atoms with Gasteiger partial charge in [-0.25, -0.2) is 0 Å². The fourth-order valence-electron chi connectivity index (χ4n) is 2.99. The second-order valence-electron chi connectivity index (χ2n) is 6.49. The lowest BCUT2D eigenvalue weighted by atomic mass is 10.1. The zero-order chi connectivity index (χ0) is 20.5. The zero-order valence-electron chi connectivity index (χ0n) is 16.9. The Labute approximate surface area is 179 Å². The summed E-state index contributed by atoms with van der Waals surface area (Å²) < 4.78 is 11.7. The molecule has 0 saturated carbocycles. The first-order chi connectivity index (χ1) is 14.2. The first-order valence-corrected chi connectivity index (χ1v) is 10.5. The third-order valence-corrected chi connectivity index (χ3v) is 4.77. The van der Waals surface area contributed by atoms with Gasteiger partial charge in [-0.3, -0.25) is 0 Å². The van der Waals surface area contributed by atoms with Crippen LogP contribution in [0.1, 0.15) is 36.1 Å². The van der Waals surface area contributed by atoms with E-state index in [1.54, 1.807) is 0 Å². The molecule has 0 N–H and O–H groups in total. The molecule has 2 nitrogen and oxygen atoms in total. The SMILES string of the molecule is CCOc1cc(CS)cc(OCC)c1/C=C/c1ccc(/C=C/C2=C=CC=C2)cc1. The van der Waals surface area contributed by atoms with E-state index in [4.69, 9.17) is 9.47 Å². The molecule has 0 saturated heterocycles. The molecule has 3 rings (SSSR count). The summed E-state index contributed by atoms with van der Waals surface area (Å²) in [5.74, 6) is 2.29. The number of rotatable bonds is 9. The summed E-state index contributed by atoms with van der Waals surface area (Å²) in [7, 11) is 0. The topological polar surface area (TPSA) is 18.5 Å². The van der Waals surface area contributed by atoms with Gasteiger partial charge < -0.3 is 9.47 Å². The van der Waals surface area contributed by atoms with Crippen molar-refractivity contribution in [1.29, 1.82) is 0 Å². The van der Waals surface area contributed by atoms with Gasteiger partial charge in [0.05, 0.1) is 18.8 Å². The van der Waals surface area contributed by atoms with Crippen LogP contribution in [-0.2, 0) is 5.75 Å². The van der Waals surface area contributed by atoms with Gasteiger partial charge in [0.1, 0.15) is 11.5 Å². The van der Waals surface area contributed by atoms with Crippen molar-refractivity contribution in [1.82, 2.24) is 0 Å². The summed E-state index contributed by atoms with van der Waals surface area (Å²) in [5.41, 5.74) is 8.56. The van der Waals surface area contributed by atoms with Crippen LogP contribution in [0.3, 0.4) is 0 Å². The number of hydrogen-bond donors (Lipinski definition) is 1. The molecule has 0 bridgehead atoms. The molecule has 29 heavy (non-hydrogen) atoms. The van der Waals surface area contributed by atoms with Crippen molar-refractivity contribution in [3.8, 4) is 11.5 Å². The van der Waals surface area contributed by atoms with E-state index in [2.05, 4.69) is 66.9 Å². The van der Waals surface area contributed by atoms with Crippen LogP contribution in [-0.4, -0.2) is 13.2 Å². The largest absolute Gasteiger partial charge is 0.493 e. The molecule has 2 aromatic rings. The molecule has 0 fully saturated rings. The Morgan fingerprint density at radius 3 is 1.93 bits per heavy atom. The van der Waals surface area contributed by atoms with Crippen molar-refractivity contribution in [2.45, 2.75) is 19.6 Å². The van der Waals surface area contributed by atoms with Gasteiger partial charge in [-0.1, -0.05) is 42.5 Å². The van der Waals surface area contributed by atoms with Crippen molar-refractivity contribution in [2.24, 2.45) is 0 Å². The average Bonchev–Trinajstić information content (AvgIpc) is 3.26. The van der Waals surface area contributed by atoms with Crippen molar-refractivity contribution in [3.05, 3.63) is 94.3 Å². The van der Waals surface area contributed by atoms with Crippen molar-refractivity contribution >= 4 is 30.9 Å². The van der Waals surface area contributed by atoms with Gasteiger partial charge in [-0.15, -0.1) is 5.73 Å². The van der Waals surface area contributed by atoms with Gasteiger partial charge in [0.25, 0.3) is 0 Å². The van der Waals surface area contributed by atoms with E-state index in [0.29, 0.717) is 19.0 Å². The highest BCUT2D eigenvalue weighted by Gasteiger charge is 2.11. The Hall–Kier alpha value is -2.87. The molecule has 0 heterocycles. The Balaban J connectivity index is 1.82. The molecule has 0 unspecified atom stereocenters. The summed E-state index contributed by atoms with van der Waals surface area (Å²) in [4.78, 5) is 0. The van der Waals surface area contributed by atoms with E-state index in [1.165, 1.54) is 0 Å². The number of thiol groups is 1. The Bertz CT molecular complexity index is 961. The van der Waals surface area contributed by atoms with E-state index < -0.39 is 0 Å². The summed E-state index contributed by atoms with van der Waals surface area (Å²) in [5, 5.41) is 0. The van der Waals surface area contributed by atoms with Gasteiger partial charge in [0, 0.05) is 11.3 Å². The minimum absolute atomic E-state index is 0.601. The summed E-state index contributed by atoms with van der Waals surface area (Å²) >= 11 is 4.39. The molecular formula is C26H26O2S. The van der Waals surface area contributed by atoms with Gasteiger partial charge in [-0.05, 0) is 67.0 Å². The van der Waals surface area contributed by atoms with Crippen LogP contribution < -0.4 is 9.47 Å². The third-order valence-electron chi connectivity index (χ3n) is 4.40. The zero-order valence-corrected chi connectivity index (χ0v) is 17.8. The third kappa shape index (κ3) is 5.80. The Morgan fingerprint density at radius 2 is 1.45 bits per heavy atom. The van der Waals surface area contributed by atoms with Crippen molar-refractivity contribution in [2.75, 3.05) is 13.2 Å².